The third kappa shape index (κ3) is 8.89. The average molecular weight is 623 g/mol. The Balaban J connectivity index is 1.59. The van der Waals surface area contributed by atoms with E-state index in [1.807, 2.05) is 13.8 Å². The highest BCUT2D eigenvalue weighted by Gasteiger charge is 2.35. The van der Waals surface area contributed by atoms with Gasteiger partial charge in [0.25, 0.3) is 17.7 Å². The van der Waals surface area contributed by atoms with Crippen LogP contribution in [-0.2, 0) is 6.42 Å². The van der Waals surface area contributed by atoms with E-state index in [0.717, 1.165) is 31.0 Å². The highest BCUT2D eigenvalue weighted by atomic mass is 19.1. The van der Waals surface area contributed by atoms with Gasteiger partial charge in [-0.05, 0) is 67.6 Å². The van der Waals surface area contributed by atoms with E-state index in [9.17, 15) is 28.3 Å². The molecule has 240 valence electrons. The van der Waals surface area contributed by atoms with Crippen LogP contribution in [0.25, 0.3) is 0 Å². The molecule has 2 heterocycles. The molecule has 1 saturated heterocycles. The lowest BCUT2D eigenvalue weighted by atomic mass is 9.94. The van der Waals surface area contributed by atoms with E-state index in [1.165, 1.54) is 29.6 Å². The van der Waals surface area contributed by atoms with E-state index >= 15 is 0 Å². The van der Waals surface area contributed by atoms with Crippen molar-refractivity contribution >= 4 is 17.7 Å². The zero-order valence-electron chi connectivity index (χ0n) is 25.8. The predicted molar refractivity (Wildman–Crippen MR) is 165 cm³/mol. The zero-order chi connectivity index (χ0) is 32.5. The number of rotatable bonds is 12. The molecule has 1 unspecified atom stereocenters. The average Bonchev–Trinajstić information content (AvgIpc) is 3.03. The maximum Gasteiger partial charge on any atom is 0.274 e. The molecule has 3 N–H and O–H groups in total. The topological polar surface area (TPSA) is 128 Å². The predicted octanol–water partition coefficient (Wildman–Crippen LogP) is 3.14. The maximum atomic E-state index is 14.1. The summed E-state index contributed by atoms with van der Waals surface area (Å²) < 4.78 is 28.2. The molecule has 0 spiro atoms. The lowest BCUT2D eigenvalue weighted by Gasteiger charge is -2.38. The Labute approximate surface area is 261 Å². The summed E-state index contributed by atoms with van der Waals surface area (Å²) in [6.45, 7) is 7.76. The lowest BCUT2D eigenvalue weighted by molar-refractivity contribution is 0.0406. The van der Waals surface area contributed by atoms with Crippen LogP contribution in [-0.4, -0.2) is 93.5 Å². The van der Waals surface area contributed by atoms with Crippen molar-refractivity contribution in [2.45, 2.75) is 58.2 Å². The van der Waals surface area contributed by atoms with Gasteiger partial charge < -0.3 is 25.5 Å². The van der Waals surface area contributed by atoms with Crippen LogP contribution in [0, 0.1) is 18.6 Å². The summed E-state index contributed by atoms with van der Waals surface area (Å²) in [6.07, 6.45) is 4.46. The van der Waals surface area contributed by atoms with Crippen LogP contribution in [0.5, 0.6) is 0 Å². The first kappa shape index (κ1) is 33.6. The van der Waals surface area contributed by atoms with Gasteiger partial charge in [0.1, 0.15) is 17.3 Å². The minimum Gasteiger partial charge on any atom is -0.389 e. The molecule has 3 atom stereocenters. The Bertz CT molecular complexity index is 1470. The first-order valence-electron chi connectivity index (χ1n) is 15.2. The first-order chi connectivity index (χ1) is 21.6. The number of carbonyl (C=O) groups is 3. The Kier molecular flexibility index (Phi) is 11.7. The van der Waals surface area contributed by atoms with E-state index in [0.29, 0.717) is 37.3 Å². The van der Waals surface area contributed by atoms with E-state index < -0.39 is 35.7 Å². The van der Waals surface area contributed by atoms with Gasteiger partial charge in [-0.3, -0.25) is 19.4 Å². The molecule has 10 nitrogen and oxygen atoms in total. The number of hydrogen-bond acceptors (Lipinski definition) is 7. The highest BCUT2D eigenvalue weighted by Crippen LogP contribution is 2.18. The molecule has 1 aromatic heterocycles. The number of amides is 3. The zero-order valence-corrected chi connectivity index (χ0v) is 25.8. The van der Waals surface area contributed by atoms with Gasteiger partial charge in [-0.15, -0.1) is 0 Å². The second-order valence-electron chi connectivity index (χ2n) is 11.3. The van der Waals surface area contributed by atoms with E-state index in [-0.39, 0.29) is 41.6 Å². The Hall–Kier alpha value is -4.29. The normalized spacial score (nSPS) is 16.1. The standard InChI is InChI=1S/C33H40F2N6O4/c1-4-9-40(10-5-2)32(44)24-13-21(3)12-23(17-24)31(43)39-27(16-22-14-25(34)18-26(35)15-22)30(42)29-20-41(11-8-38-29)33(45)28-19-36-6-7-37-28/h6-7,12-15,17-19,27,29-30,38,42H,4-5,8-11,16,20H2,1-3H3,(H,39,43)/t27?,29-,30+/m1/s1. The molecule has 2 aromatic carbocycles. The SMILES string of the molecule is CCCN(CCC)C(=O)c1cc(C)cc(C(=O)NC(Cc2cc(F)cc(F)c2)[C@H](O)[C@H]2CN(C(=O)c3cnccn3)CCN2)c1. The molecule has 0 aliphatic carbocycles. The van der Waals surface area contributed by atoms with Crippen LogP contribution >= 0.6 is 0 Å². The molecule has 3 aromatic rings. The molecule has 0 saturated carbocycles. The second kappa shape index (κ2) is 15.6. The summed E-state index contributed by atoms with van der Waals surface area (Å²) in [5.41, 5.74) is 1.68. The van der Waals surface area contributed by atoms with Gasteiger partial charge in [0.15, 0.2) is 0 Å². The summed E-state index contributed by atoms with van der Waals surface area (Å²) in [4.78, 5) is 51.3. The van der Waals surface area contributed by atoms with Crippen molar-refractivity contribution in [2.75, 3.05) is 32.7 Å². The number of hydrogen-bond donors (Lipinski definition) is 3. The van der Waals surface area contributed by atoms with Crippen LogP contribution in [0.15, 0.2) is 55.0 Å². The van der Waals surface area contributed by atoms with Crippen molar-refractivity contribution < 1.29 is 28.3 Å². The number of nitrogens with one attached hydrogen (secondary N) is 2. The smallest absolute Gasteiger partial charge is 0.274 e. The van der Waals surface area contributed by atoms with Gasteiger partial charge >= 0.3 is 0 Å². The van der Waals surface area contributed by atoms with Crippen LogP contribution in [0.1, 0.15) is 69.0 Å². The van der Waals surface area contributed by atoms with Crippen LogP contribution < -0.4 is 10.6 Å². The van der Waals surface area contributed by atoms with Crippen molar-refractivity contribution in [3.05, 3.63) is 94.6 Å². The number of aliphatic hydroxyl groups is 1. The number of benzene rings is 2. The number of aryl methyl sites for hydroxylation is 1. The van der Waals surface area contributed by atoms with Gasteiger partial charge in [-0.1, -0.05) is 13.8 Å². The second-order valence-corrected chi connectivity index (χ2v) is 11.3. The molecule has 1 aliphatic rings. The third-order valence-electron chi connectivity index (χ3n) is 7.65. The number of piperazine rings is 1. The van der Waals surface area contributed by atoms with Gasteiger partial charge in [0, 0.05) is 62.3 Å². The number of aliphatic hydroxyl groups excluding tert-OH is 1. The largest absolute Gasteiger partial charge is 0.389 e. The molecular weight excluding hydrogens is 582 g/mol. The van der Waals surface area contributed by atoms with Crippen LogP contribution in [0.3, 0.4) is 0 Å². The first-order valence-corrected chi connectivity index (χ1v) is 15.2. The van der Waals surface area contributed by atoms with Crippen molar-refractivity contribution in [3.63, 3.8) is 0 Å². The maximum absolute atomic E-state index is 14.1. The molecule has 12 heteroatoms. The number of aromatic nitrogens is 2. The number of nitrogens with zero attached hydrogens (tertiary/aromatic N) is 4. The van der Waals surface area contributed by atoms with Gasteiger partial charge in [-0.25, -0.2) is 13.8 Å². The monoisotopic (exact) mass is 622 g/mol. The van der Waals surface area contributed by atoms with E-state index in [1.54, 1.807) is 24.0 Å². The van der Waals surface area contributed by atoms with Crippen molar-refractivity contribution in [1.82, 2.24) is 30.4 Å². The van der Waals surface area contributed by atoms with Gasteiger partial charge in [0.05, 0.1) is 24.4 Å². The molecule has 4 rings (SSSR count). The fraction of sp³-hybridized carbons (Fsp3) is 0.424. The Morgan fingerprint density at radius 3 is 2.38 bits per heavy atom. The minimum atomic E-state index is -1.27. The molecule has 3 amide bonds. The third-order valence-corrected chi connectivity index (χ3v) is 7.65. The number of carbonyl (C=O) groups excluding carboxylic acids is 3. The summed E-state index contributed by atoms with van der Waals surface area (Å²) in [7, 11) is 0. The number of halogens is 2. The molecule has 1 aliphatic heterocycles. The summed E-state index contributed by atoms with van der Waals surface area (Å²) >= 11 is 0. The fourth-order valence-corrected chi connectivity index (χ4v) is 5.61. The molecule has 45 heavy (non-hydrogen) atoms. The molecular formula is C33H40F2N6O4. The van der Waals surface area contributed by atoms with Gasteiger partial charge in [-0.2, -0.15) is 0 Å². The van der Waals surface area contributed by atoms with Crippen molar-refractivity contribution in [1.29, 1.82) is 0 Å². The Morgan fingerprint density at radius 2 is 1.73 bits per heavy atom. The minimum absolute atomic E-state index is 0.0915. The van der Waals surface area contributed by atoms with Crippen LogP contribution in [0.4, 0.5) is 8.78 Å². The van der Waals surface area contributed by atoms with Crippen molar-refractivity contribution in [3.8, 4) is 0 Å². The van der Waals surface area contributed by atoms with Crippen molar-refractivity contribution in [2.24, 2.45) is 0 Å². The van der Waals surface area contributed by atoms with Crippen LogP contribution in [0.2, 0.25) is 0 Å². The lowest BCUT2D eigenvalue weighted by Crippen LogP contribution is -2.62. The summed E-state index contributed by atoms with van der Waals surface area (Å²) in [5, 5.41) is 17.6. The highest BCUT2D eigenvalue weighted by molar-refractivity contribution is 6.00. The van der Waals surface area contributed by atoms with E-state index in [4.69, 9.17) is 0 Å². The summed E-state index contributed by atoms with van der Waals surface area (Å²) in [6, 6.07) is 6.23. The Morgan fingerprint density at radius 1 is 1.04 bits per heavy atom. The summed E-state index contributed by atoms with van der Waals surface area (Å²) in [5.74, 6) is -2.66. The fourth-order valence-electron chi connectivity index (χ4n) is 5.61. The van der Waals surface area contributed by atoms with Gasteiger partial charge in [0.2, 0.25) is 0 Å². The molecule has 0 bridgehead atoms. The molecule has 0 radical (unpaired) electrons. The van der Waals surface area contributed by atoms with E-state index in [2.05, 4.69) is 20.6 Å². The molecule has 1 fully saturated rings. The quantitative estimate of drug-likeness (QED) is 0.283.